The third-order valence-electron chi connectivity index (χ3n) is 4.25. The molecule has 1 aliphatic rings. The zero-order valence-electron chi connectivity index (χ0n) is 14.3. The van der Waals surface area contributed by atoms with Crippen LogP contribution in [0.2, 0.25) is 0 Å². The molecule has 130 valence electrons. The van der Waals surface area contributed by atoms with Crippen LogP contribution in [0.1, 0.15) is 35.2 Å². The van der Waals surface area contributed by atoms with Crippen molar-refractivity contribution in [3.8, 4) is 5.75 Å². The van der Waals surface area contributed by atoms with Gasteiger partial charge < -0.3 is 9.64 Å². The maximum Gasteiger partial charge on any atom is 0.271 e. The summed E-state index contributed by atoms with van der Waals surface area (Å²) in [5, 5.41) is 4.03. The number of hydrogen-bond acceptors (Lipinski definition) is 5. The van der Waals surface area contributed by atoms with E-state index in [2.05, 4.69) is 26.5 Å². The number of nitrogens with one attached hydrogen (secondary N) is 1. The van der Waals surface area contributed by atoms with E-state index in [9.17, 15) is 4.79 Å². The van der Waals surface area contributed by atoms with Gasteiger partial charge in [-0.05, 0) is 43.5 Å². The van der Waals surface area contributed by atoms with Crippen LogP contribution in [0.3, 0.4) is 0 Å². The number of piperidine rings is 1. The number of hydrazone groups is 1. The molecule has 0 atom stereocenters. The zero-order chi connectivity index (χ0) is 17.5. The van der Waals surface area contributed by atoms with Crippen LogP contribution in [0.15, 0.2) is 47.8 Å². The van der Waals surface area contributed by atoms with Crippen molar-refractivity contribution >= 4 is 17.8 Å². The van der Waals surface area contributed by atoms with Gasteiger partial charge in [-0.2, -0.15) is 5.10 Å². The maximum atomic E-state index is 12.0. The molecule has 1 aromatic heterocycles. The second-order valence-electron chi connectivity index (χ2n) is 5.91. The molecule has 2 heterocycles. The van der Waals surface area contributed by atoms with Crippen LogP contribution in [0.5, 0.6) is 5.75 Å². The van der Waals surface area contributed by atoms with Crippen molar-refractivity contribution in [3.05, 3.63) is 53.9 Å². The van der Waals surface area contributed by atoms with E-state index < -0.39 is 0 Å². The van der Waals surface area contributed by atoms with Crippen molar-refractivity contribution in [2.24, 2.45) is 5.10 Å². The summed E-state index contributed by atoms with van der Waals surface area (Å²) in [6, 6.07) is 9.33. The molecular formula is C19H22N4O2. The first-order chi connectivity index (χ1) is 12.3. The number of carbonyl (C=O) groups excluding carboxylic acids is 1. The summed E-state index contributed by atoms with van der Waals surface area (Å²) < 4.78 is 5.48. The van der Waals surface area contributed by atoms with Gasteiger partial charge in [0, 0.05) is 48.4 Å². The monoisotopic (exact) mass is 338 g/mol. The number of rotatable bonds is 5. The first-order valence-corrected chi connectivity index (χ1v) is 8.44. The highest BCUT2D eigenvalue weighted by Gasteiger charge is 2.13. The van der Waals surface area contributed by atoms with E-state index in [4.69, 9.17) is 4.74 Å². The average molecular weight is 338 g/mol. The molecule has 0 bridgehead atoms. The van der Waals surface area contributed by atoms with Gasteiger partial charge in [-0.1, -0.05) is 0 Å². The molecule has 1 aliphatic heterocycles. The van der Waals surface area contributed by atoms with Crippen LogP contribution in [0.25, 0.3) is 0 Å². The Balaban J connectivity index is 1.68. The Morgan fingerprint density at radius 1 is 1.20 bits per heavy atom. The lowest BCUT2D eigenvalue weighted by atomic mass is 10.1. The maximum absolute atomic E-state index is 12.0. The number of anilines is 1. The van der Waals surface area contributed by atoms with Gasteiger partial charge in [0.15, 0.2) is 0 Å². The topological polar surface area (TPSA) is 66.8 Å². The van der Waals surface area contributed by atoms with E-state index in [1.807, 2.05) is 12.1 Å². The summed E-state index contributed by atoms with van der Waals surface area (Å²) >= 11 is 0. The molecule has 1 fully saturated rings. The standard InChI is InChI=1S/C19H22N4O2/c1-25-18-13-17(23-11-3-2-4-12-23)6-5-16(18)14-21-22-19(24)15-7-9-20-10-8-15/h5-10,13-14H,2-4,11-12H2,1H3,(H,22,24)/b21-14-. The average Bonchev–Trinajstić information content (AvgIpc) is 2.69. The van der Waals surface area contributed by atoms with Gasteiger partial charge >= 0.3 is 0 Å². The predicted molar refractivity (Wildman–Crippen MR) is 98.4 cm³/mol. The van der Waals surface area contributed by atoms with E-state index in [1.165, 1.54) is 19.3 Å². The molecule has 1 saturated heterocycles. The minimum Gasteiger partial charge on any atom is -0.496 e. The smallest absolute Gasteiger partial charge is 0.271 e. The summed E-state index contributed by atoms with van der Waals surface area (Å²) in [6.45, 7) is 2.16. The first-order valence-electron chi connectivity index (χ1n) is 8.44. The molecular weight excluding hydrogens is 316 g/mol. The Morgan fingerprint density at radius 2 is 1.96 bits per heavy atom. The van der Waals surface area contributed by atoms with E-state index >= 15 is 0 Å². The van der Waals surface area contributed by atoms with Crippen molar-refractivity contribution in [1.29, 1.82) is 0 Å². The Kier molecular flexibility index (Phi) is 5.61. The van der Waals surface area contributed by atoms with Gasteiger partial charge in [-0.3, -0.25) is 9.78 Å². The van der Waals surface area contributed by atoms with Crippen molar-refractivity contribution < 1.29 is 9.53 Å². The van der Waals surface area contributed by atoms with Crippen molar-refractivity contribution in [1.82, 2.24) is 10.4 Å². The number of benzene rings is 1. The molecule has 1 aromatic carbocycles. The minimum atomic E-state index is -0.275. The van der Waals surface area contributed by atoms with Crippen LogP contribution in [0, 0.1) is 0 Å². The summed E-state index contributed by atoms with van der Waals surface area (Å²) in [5.41, 5.74) is 5.01. The lowest BCUT2D eigenvalue weighted by Crippen LogP contribution is -2.29. The number of nitrogens with zero attached hydrogens (tertiary/aromatic N) is 3. The highest BCUT2D eigenvalue weighted by molar-refractivity contribution is 5.95. The van der Waals surface area contributed by atoms with Gasteiger partial charge in [0.05, 0.1) is 13.3 Å². The first kappa shape index (κ1) is 17.0. The molecule has 0 aliphatic carbocycles. The van der Waals surface area contributed by atoms with Crippen LogP contribution in [-0.2, 0) is 0 Å². The van der Waals surface area contributed by atoms with Crippen molar-refractivity contribution in [2.45, 2.75) is 19.3 Å². The third-order valence-corrected chi connectivity index (χ3v) is 4.25. The number of aromatic nitrogens is 1. The Hall–Kier alpha value is -2.89. The number of methoxy groups -OCH3 is 1. The Bertz CT molecular complexity index is 740. The van der Waals surface area contributed by atoms with Gasteiger partial charge in [0.2, 0.25) is 0 Å². The minimum absolute atomic E-state index is 0.275. The molecule has 0 radical (unpaired) electrons. The predicted octanol–water partition coefficient (Wildman–Crippen LogP) is 2.84. The largest absolute Gasteiger partial charge is 0.496 e. The van der Waals surface area contributed by atoms with E-state index in [-0.39, 0.29) is 5.91 Å². The summed E-state index contributed by atoms with van der Waals surface area (Å²) in [4.78, 5) is 18.2. The molecule has 1 amide bonds. The fourth-order valence-corrected chi connectivity index (χ4v) is 2.88. The van der Waals surface area contributed by atoms with E-state index in [1.54, 1.807) is 37.9 Å². The van der Waals surface area contributed by atoms with E-state index in [0.717, 1.165) is 30.1 Å². The lowest BCUT2D eigenvalue weighted by Gasteiger charge is -2.29. The van der Waals surface area contributed by atoms with Crippen LogP contribution < -0.4 is 15.1 Å². The summed E-state index contributed by atoms with van der Waals surface area (Å²) in [5.74, 6) is 0.465. The van der Waals surface area contributed by atoms with Crippen LogP contribution in [-0.4, -0.2) is 37.3 Å². The summed E-state index contributed by atoms with van der Waals surface area (Å²) in [7, 11) is 1.64. The highest BCUT2D eigenvalue weighted by Crippen LogP contribution is 2.26. The Morgan fingerprint density at radius 3 is 2.68 bits per heavy atom. The molecule has 6 nitrogen and oxygen atoms in total. The zero-order valence-corrected chi connectivity index (χ0v) is 14.3. The Labute approximate surface area is 147 Å². The number of hydrogen-bond donors (Lipinski definition) is 1. The fraction of sp³-hybridized carbons (Fsp3) is 0.316. The molecule has 0 spiro atoms. The normalized spacial score (nSPS) is 14.5. The quantitative estimate of drug-likeness (QED) is 0.672. The van der Waals surface area contributed by atoms with Gasteiger partial charge in [0.25, 0.3) is 5.91 Å². The fourth-order valence-electron chi connectivity index (χ4n) is 2.88. The molecule has 1 N–H and O–H groups in total. The molecule has 2 aromatic rings. The third kappa shape index (κ3) is 4.35. The SMILES string of the molecule is COc1cc(N2CCCCC2)ccc1/C=N\NC(=O)c1ccncc1. The van der Waals surface area contributed by atoms with Crippen LogP contribution >= 0.6 is 0 Å². The van der Waals surface area contributed by atoms with Crippen molar-refractivity contribution in [2.75, 3.05) is 25.1 Å². The highest BCUT2D eigenvalue weighted by atomic mass is 16.5. The second-order valence-corrected chi connectivity index (χ2v) is 5.91. The van der Waals surface area contributed by atoms with Crippen LogP contribution in [0.4, 0.5) is 5.69 Å². The van der Waals surface area contributed by atoms with Gasteiger partial charge in [0.1, 0.15) is 5.75 Å². The lowest BCUT2D eigenvalue weighted by molar-refractivity contribution is 0.0955. The summed E-state index contributed by atoms with van der Waals surface area (Å²) in [6.07, 6.45) is 8.49. The molecule has 0 unspecified atom stereocenters. The molecule has 3 rings (SSSR count). The van der Waals surface area contributed by atoms with Crippen molar-refractivity contribution in [3.63, 3.8) is 0 Å². The van der Waals surface area contributed by atoms with Gasteiger partial charge in [-0.25, -0.2) is 5.43 Å². The number of carbonyl (C=O) groups is 1. The number of ether oxygens (including phenoxy) is 1. The number of pyridine rings is 1. The second kappa shape index (κ2) is 8.28. The number of amides is 1. The molecule has 25 heavy (non-hydrogen) atoms. The molecule has 0 saturated carbocycles. The van der Waals surface area contributed by atoms with E-state index in [0.29, 0.717) is 5.56 Å². The van der Waals surface area contributed by atoms with Gasteiger partial charge in [-0.15, -0.1) is 0 Å². The molecule has 6 heteroatoms.